The number of nitrogens with two attached hydrogens (primary N) is 1. The largest absolute Gasteiger partial charge is 0.328 e. The van der Waals surface area contributed by atoms with Gasteiger partial charge in [0, 0.05) is 11.1 Å². The summed E-state index contributed by atoms with van der Waals surface area (Å²) in [4.78, 5) is 0. The fourth-order valence-corrected chi connectivity index (χ4v) is 1.33. The zero-order valence-electron chi connectivity index (χ0n) is 7.56. The van der Waals surface area contributed by atoms with Crippen LogP contribution in [0.2, 0.25) is 5.02 Å². The van der Waals surface area contributed by atoms with Gasteiger partial charge >= 0.3 is 0 Å². The van der Waals surface area contributed by atoms with Gasteiger partial charge in [-0.15, -0.1) is 0 Å². The first-order chi connectivity index (χ1) is 6.09. The Kier molecular flexibility index (Phi) is 3.70. The second-order valence-electron chi connectivity index (χ2n) is 3.25. The Bertz CT molecular complexity index is 286. The fraction of sp³-hybridized carbons (Fsp3) is 0.400. The van der Waals surface area contributed by atoms with Gasteiger partial charge in [-0.2, -0.15) is 0 Å². The number of hydrogen-bond donors (Lipinski definition) is 1. The number of hydrogen-bond acceptors (Lipinski definition) is 1. The molecule has 0 aliphatic rings. The average Bonchev–Trinajstić information content (AvgIpc) is 2.06. The molecule has 1 atom stereocenters. The highest BCUT2D eigenvalue weighted by atomic mass is 35.5. The topological polar surface area (TPSA) is 26.0 Å². The van der Waals surface area contributed by atoms with E-state index in [0.717, 1.165) is 18.4 Å². The van der Waals surface area contributed by atoms with Gasteiger partial charge in [0.2, 0.25) is 0 Å². The van der Waals surface area contributed by atoms with Crippen LogP contribution < -0.4 is 5.73 Å². The summed E-state index contributed by atoms with van der Waals surface area (Å²) in [6.45, 7) is 1.92. The molecule has 0 spiro atoms. The van der Waals surface area contributed by atoms with E-state index in [1.807, 2.05) is 6.92 Å². The van der Waals surface area contributed by atoms with Crippen LogP contribution in [0, 0.1) is 5.82 Å². The quantitative estimate of drug-likeness (QED) is 0.800. The Balaban J connectivity index is 2.70. The van der Waals surface area contributed by atoms with E-state index in [4.69, 9.17) is 17.3 Å². The lowest BCUT2D eigenvalue weighted by molar-refractivity contribution is 0.620. The first kappa shape index (κ1) is 10.5. The molecule has 0 fully saturated rings. The molecular weight excluding hydrogens is 189 g/mol. The molecule has 0 amide bonds. The molecule has 0 radical (unpaired) electrons. The first-order valence-electron chi connectivity index (χ1n) is 4.29. The molecule has 3 heteroatoms. The molecule has 0 heterocycles. The average molecular weight is 202 g/mol. The van der Waals surface area contributed by atoms with Gasteiger partial charge in [0.25, 0.3) is 0 Å². The van der Waals surface area contributed by atoms with Crippen molar-refractivity contribution in [2.24, 2.45) is 5.73 Å². The second-order valence-corrected chi connectivity index (χ2v) is 3.66. The molecule has 0 bridgehead atoms. The first-order valence-corrected chi connectivity index (χ1v) is 4.67. The summed E-state index contributed by atoms with van der Waals surface area (Å²) in [5, 5.41) is 0.613. The van der Waals surface area contributed by atoms with E-state index < -0.39 is 0 Å². The monoisotopic (exact) mass is 201 g/mol. The Morgan fingerprint density at radius 2 is 2.23 bits per heavy atom. The predicted molar refractivity (Wildman–Crippen MR) is 53.4 cm³/mol. The second kappa shape index (κ2) is 4.58. The Morgan fingerprint density at radius 3 is 2.85 bits per heavy atom. The third kappa shape index (κ3) is 3.33. The van der Waals surface area contributed by atoms with Crippen LogP contribution in [0.5, 0.6) is 0 Å². The van der Waals surface area contributed by atoms with Crippen molar-refractivity contribution in [2.75, 3.05) is 0 Å². The van der Waals surface area contributed by atoms with Crippen LogP contribution in [0.25, 0.3) is 0 Å². The maximum Gasteiger partial charge on any atom is 0.123 e. The van der Waals surface area contributed by atoms with Crippen molar-refractivity contribution in [3.05, 3.63) is 34.6 Å². The van der Waals surface area contributed by atoms with E-state index in [1.54, 1.807) is 6.07 Å². The highest BCUT2D eigenvalue weighted by molar-refractivity contribution is 6.31. The summed E-state index contributed by atoms with van der Waals surface area (Å²) in [6, 6.07) is 4.52. The number of aryl methyl sites for hydroxylation is 1. The zero-order chi connectivity index (χ0) is 9.84. The maximum absolute atomic E-state index is 12.8. The molecule has 1 aromatic carbocycles. The van der Waals surface area contributed by atoms with Gasteiger partial charge in [0.05, 0.1) is 0 Å². The van der Waals surface area contributed by atoms with Gasteiger partial charge in [-0.25, -0.2) is 4.39 Å². The van der Waals surface area contributed by atoms with Crippen molar-refractivity contribution in [1.82, 2.24) is 0 Å². The summed E-state index contributed by atoms with van der Waals surface area (Å²) in [6.07, 6.45) is 1.55. The van der Waals surface area contributed by atoms with Crippen molar-refractivity contribution in [1.29, 1.82) is 0 Å². The van der Waals surface area contributed by atoms with Crippen LogP contribution in [0.3, 0.4) is 0 Å². The van der Waals surface area contributed by atoms with Crippen LogP contribution >= 0.6 is 11.6 Å². The summed E-state index contributed by atoms with van der Waals surface area (Å²) in [5.74, 6) is -0.246. The van der Waals surface area contributed by atoms with Crippen LogP contribution in [-0.2, 0) is 6.42 Å². The highest BCUT2D eigenvalue weighted by Crippen LogP contribution is 2.18. The molecule has 0 saturated carbocycles. The minimum atomic E-state index is -0.246. The summed E-state index contributed by atoms with van der Waals surface area (Å²) >= 11 is 5.87. The molecule has 0 aromatic heterocycles. The summed E-state index contributed by atoms with van der Waals surface area (Å²) in [5.41, 5.74) is 6.42. The number of rotatable bonds is 3. The van der Waals surface area contributed by atoms with Crippen LogP contribution in [-0.4, -0.2) is 6.04 Å². The van der Waals surface area contributed by atoms with Crippen molar-refractivity contribution in [3.63, 3.8) is 0 Å². The number of halogens is 2. The lowest BCUT2D eigenvalue weighted by Gasteiger charge is -2.06. The van der Waals surface area contributed by atoms with Crippen molar-refractivity contribution in [2.45, 2.75) is 25.8 Å². The molecule has 2 N–H and O–H groups in total. The van der Waals surface area contributed by atoms with E-state index in [0.29, 0.717) is 5.02 Å². The molecule has 1 nitrogen and oxygen atoms in total. The molecule has 1 rings (SSSR count). The van der Waals surface area contributed by atoms with Gasteiger partial charge in [-0.05, 0) is 43.5 Å². The molecule has 13 heavy (non-hydrogen) atoms. The minimum Gasteiger partial charge on any atom is -0.328 e. The molecule has 0 unspecified atom stereocenters. The van der Waals surface area contributed by atoms with E-state index in [2.05, 4.69) is 0 Å². The van der Waals surface area contributed by atoms with Crippen molar-refractivity contribution < 1.29 is 4.39 Å². The smallest absolute Gasteiger partial charge is 0.123 e. The van der Waals surface area contributed by atoms with Crippen molar-refractivity contribution >= 4 is 11.6 Å². The fourth-order valence-electron chi connectivity index (χ4n) is 1.12. The zero-order valence-corrected chi connectivity index (χ0v) is 8.31. The molecule has 72 valence electrons. The Hall–Kier alpha value is -0.600. The Labute approximate surface area is 82.7 Å². The standard InChI is InChI=1S/C10H13ClFN/c1-7(13)2-3-8-6-9(12)4-5-10(8)11/h4-7H,2-3,13H2,1H3/t7-/m0/s1. The lowest BCUT2D eigenvalue weighted by atomic mass is 10.1. The third-order valence-corrected chi connectivity index (χ3v) is 2.25. The summed E-state index contributed by atoms with van der Waals surface area (Å²) < 4.78 is 12.8. The molecule has 1 aromatic rings. The van der Waals surface area contributed by atoms with Gasteiger partial charge in [0.15, 0.2) is 0 Å². The summed E-state index contributed by atoms with van der Waals surface area (Å²) in [7, 11) is 0. The third-order valence-electron chi connectivity index (χ3n) is 1.88. The van der Waals surface area contributed by atoms with E-state index in [1.165, 1.54) is 12.1 Å². The van der Waals surface area contributed by atoms with Crippen LogP contribution in [0.15, 0.2) is 18.2 Å². The molecular formula is C10H13ClFN. The van der Waals surface area contributed by atoms with E-state index in [9.17, 15) is 4.39 Å². The normalized spacial score (nSPS) is 12.9. The minimum absolute atomic E-state index is 0.124. The van der Waals surface area contributed by atoms with E-state index in [-0.39, 0.29) is 11.9 Å². The molecule has 0 aliphatic carbocycles. The highest BCUT2D eigenvalue weighted by Gasteiger charge is 2.03. The molecule has 0 aliphatic heterocycles. The van der Waals surface area contributed by atoms with Gasteiger partial charge < -0.3 is 5.73 Å². The van der Waals surface area contributed by atoms with E-state index >= 15 is 0 Å². The van der Waals surface area contributed by atoms with Crippen LogP contribution in [0.4, 0.5) is 4.39 Å². The van der Waals surface area contributed by atoms with Gasteiger partial charge in [-0.1, -0.05) is 11.6 Å². The maximum atomic E-state index is 12.8. The predicted octanol–water partition coefficient (Wildman–Crippen LogP) is 2.76. The SMILES string of the molecule is C[C@H](N)CCc1cc(F)ccc1Cl. The number of benzene rings is 1. The Morgan fingerprint density at radius 1 is 1.54 bits per heavy atom. The van der Waals surface area contributed by atoms with Crippen molar-refractivity contribution in [3.8, 4) is 0 Å². The lowest BCUT2D eigenvalue weighted by Crippen LogP contribution is -2.15. The van der Waals surface area contributed by atoms with Crippen LogP contribution in [0.1, 0.15) is 18.9 Å². The molecule has 0 saturated heterocycles. The van der Waals surface area contributed by atoms with Gasteiger partial charge in [-0.3, -0.25) is 0 Å². The van der Waals surface area contributed by atoms with Gasteiger partial charge in [0.1, 0.15) is 5.82 Å².